The molecule has 26 heavy (non-hydrogen) atoms. The molecular weight excluding hydrogens is 438 g/mol. The van der Waals surface area contributed by atoms with E-state index in [-0.39, 0.29) is 16.2 Å². The molecule has 3 rings (SSSR count). The van der Waals surface area contributed by atoms with Gasteiger partial charge in [-0.1, -0.05) is 57.9 Å². The van der Waals surface area contributed by atoms with Crippen LogP contribution in [0.15, 0.2) is 82.2 Å². The van der Waals surface area contributed by atoms with Gasteiger partial charge in [0.1, 0.15) is 4.90 Å². The highest BCUT2D eigenvalue weighted by Crippen LogP contribution is 2.22. The minimum Gasteiger partial charge on any atom is -0.288 e. The van der Waals surface area contributed by atoms with E-state index in [1.807, 2.05) is 0 Å². The molecule has 0 aliphatic rings. The minimum absolute atomic E-state index is 0.147. The van der Waals surface area contributed by atoms with Crippen molar-refractivity contribution in [1.29, 1.82) is 0 Å². The van der Waals surface area contributed by atoms with Gasteiger partial charge in [0.15, 0.2) is 11.5 Å². The highest BCUT2D eigenvalue weighted by Gasteiger charge is 2.24. The maximum Gasteiger partial charge on any atom is 0.328 e. The molecule has 0 unspecified atom stereocenters. The Morgan fingerprint density at radius 1 is 0.923 bits per heavy atom. The molecule has 0 amide bonds. The number of halogens is 2. The number of benzene rings is 3. The standard InChI is InChI=1S/C19H13BrClNO3S/c20-14-6-9-16(10-7-14)26(24,25)22-18-11-8-15(21)12-17(18)19(23)13-4-2-1-3-5-13/h1-12,22H/p+1. The van der Waals surface area contributed by atoms with Crippen LogP contribution < -0.4 is 4.72 Å². The van der Waals surface area contributed by atoms with Crippen LogP contribution in [0.3, 0.4) is 0 Å². The minimum atomic E-state index is -3.72. The van der Waals surface area contributed by atoms with Crippen molar-refractivity contribution in [2.45, 2.75) is 4.90 Å². The molecule has 0 saturated heterocycles. The molecule has 0 fully saturated rings. The van der Waals surface area contributed by atoms with Gasteiger partial charge >= 0.3 is 10.0 Å². The monoisotopic (exact) mass is 450 g/mol. The molecule has 2 N–H and O–H groups in total. The van der Waals surface area contributed by atoms with Crippen LogP contribution in [0, 0.1) is 0 Å². The lowest BCUT2D eigenvalue weighted by molar-refractivity contribution is -0.397. The van der Waals surface area contributed by atoms with E-state index >= 15 is 0 Å². The smallest absolute Gasteiger partial charge is 0.288 e. The number of sulfonamides is 1. The van der Waals surface area contributed by atoms with Gasteiger partial charge in [-0.3, -0.25) is 4.79 Å². The molecule has 0 aromatic heterocycles. The van der Waals surface area contributed by atoms with Crippen molar-refractivity contribution in [1.82, 2.24) is 0 Å². The molecule has 3 aromatic carbocycles. The summed E-state index contributed by atoms with van der Waals surface area (Å²) in [5.74, 6) is -0.287. The number of hydrogen-bond acceptors (Lipinski definition) is 3. The van der Waals surface area contributed by atoms with Crippen molar-refractivity contribution < 1.29 is 17.9 Å². The second-order valence-electron chi connectivity index (χ2n) is 5.54. The topological polar surface area (TPSA) is 67.8 Å². The quantitative estimate of drug-likeness (QED) is 0.472. The van der Waals surface area contributed by atoms with E-state index in [1.165, 1.54) is 24.3 Å². The third kappa shape index (κ3) is 4.22. The number of nitrogens with two attached hydrogens (primary N) is 1. The van der Waals surface area contributed by atoms with Crippen molar-refractivity contribution in [3.63, 3.8) is 0 Å². The van der Waals surface area contributed by atoms with Crippen molar-refractivity contribution >= 4 is 49.0 Å². The number of quaternary nitrogens is 1. The molecule has 0 heterocycles. The molecular formula is C19H14BrClNO3S+. The maximum atomic E-state index is 12.8. The largest absolute Gasteiger partial charge is 0.328 e. The first-order chi connectivity index (χ1) is 12.4. The molecule has 0 bridgehead atoms. The van der Waals surface area contributed by atoms with Gasteiger partial charge in [0.25, 0.3) is 0 Å². The van der Waals surface area contributed by atoms with Crippen LogP contribution in [0.1, 0.15) is 15.9 Å². The van der Waals surface area contributed by atoms with Gasteiger partial charge in [0.05, 0.1) is 5.56 Å². The van der Waals surface area contributed by atoms with Gasteiger partial charge in [0.2, 0.25) is 0 Å². The summed E-state index contributed by atoms with van der Waals surface area (Å²) in [5, 5.41) is 0.363. The Morgan fingerprint density at radius 3 is 2.23 bits per heavy atom. The molecule has 132 valence electrons. The van der Waals surface area contributed by atoms with E-state index < -0.39 is 10.0 Å². The Kier molecular flexibility index (Phi) is 5.58. The molecule has 0 radical (unpaired) electrons. The predicted molar refractivity (Wildman–Crippen MR) is 104 cm³/mol. The van der Waals surface area contributed by atoms with Gasteiger partial charge in [-0.25, -0.2) is 4.72 Å². The Hall–Kier alpha value is -1.99. The normalized spacial score (nSPS) is 11.3. The van der Waals surface area contributed by atoms with Crippen molar-refractivity contribution in [2.75, 3.05) is 0 Å². The molecule has 7 heteroatoms. The van der Waals surface area contributed by atoms with Crippen LogP contribution in [0.2, 0.25) is 5.02 Å². The van der Waals surface area contributed by atoms with Crippen LogP contribution in [0.5, 0.6) is 0 Å². The third-order valence-electron chi connectivity index (χ3n) is 3.72. The van der Waals surface area contributed by atoms with Crippen molar-refractivity contribution in [3.05, 3.63) is 93.4 Å². The van der Waals surface area contributed by atoms with Crippen LogP contribution in [0.25, 0.3) is 0 Å². The van der Waals surface area contributed by atoms with Crippen LogP contribution >= 0.6 is 27.5 Å². The second-order valence-corrected chi connectivity index (χ2v) is 8.69. The first-order valence-corrected chi connectivity index (χ1v) is 10.3. The first kappa shape index (κ1) is 18.8. The molecule has 4 nitrogen and oxygen atoms in total. The van der Waals surface area contributed by atoms with Crippen LogP contribution in [-0.2, 0) is 10.0 Å². The summed E-state index contributed by atoms with van der Waals surface area (Å²) in [6, 6.07) is 19.6. The number of carbonyl (C=O) groups excluding carboxylic acids is 1. The zero-order chi connectivity index (χ0) is 18.7. The Bertz CT molecular complexity index is 1050. The predicted octanol–water partition coefficient (Wildman–Crippen LogP) is 3.92. The Balaban J connectivity index is 2.01. The molecule has 0 aliphatic heterocycles. The Morgan fingerprint density at radius 2 is 1.58 bits per heavy atom. The number of ketones is 1. The molecule has 0 spiro atoms. The maximum absolute atomic E-state index is 12.8. The number of carbonyl (C=O) groups is 1. The highest BCUT2D eigenvalue weighted by atomic mass is 79.9. The van der Waals surface area contributed by atoms with Crippen LogP contribution in [0.4, 0.5) is 5.69 Å². The lowest BCUT2D eigenvalue weighted by atomic mass is 10.0. The first-order valence-electron chi connectivity index (χ1n) is 7.61. The SMILES string of the molecule is O=C(c1ccccc1)c1cc(Cl)ccc1[NH2+]S(=O)(=O)c1ccc(Br)cc1. The fraction of sp³-hybridized carbons (Fsp3) is 0. The third-order valence-corrected chi connectivity index (χ3v) is 5.98. The van der Waals surface area contributed by atoms with E-state index in [2.05, 4.69) is 15.9 Å². The average molecular weight is 452 g/mol. The van der Waals surface area contributed by atoms with Gasteiger partial charge in [0, 0.05) is 21.1 Å². The zero-order valence-corrected chi connectivity index (χ0v) is 16.6. The molecule has 3 aromatic rings. The van der Waals surface area contributed by atoms with Gasteiger partial charge in [-0.05, 0) is 36.4 Å². The lowest BCUT2D eigenvalue weighted by Gasteiger charge is -2.08. The summed E-state index contributed by atoms with van der Waals surface area (Å²) in [6.07, 6.45) is 0. The number of rotatable bonds is 5. The summed E-state index contributed by atoms with van der Waals surface area (Å²) in [5.41, 5.74) is 1.00. The van der Waals surface area contributed by atoms with Gasteiger partial charge in [-0.15, -0.1) is 0 Å². The van der Waals surface area contributed by atoms with E-state index in [4.69, 9.17) is 11.6 Å². The summed E-state index contributed by atoms with van der Waals surface area (Å²) < 4.78 is 27.3. The van der Waals surface area contributed by atoms with Gasteiger partial charge < -0.3 is 0 Å². The fourth-order valence-electron chi connectivity index (χ4n) is 2.43. The fourth-order valence-corrected chi connectivity index (χ4v) is 4.06. The van der Waals surface area contributed by atoms with Crippen molar-refractivity contribution in [3.8, 4) is 0 Å². The number of primary sulfonamides is 1. The summed E-state index contributed by atoms with van der Waals surface area (Å²) in [4.78, 5) is 13.0. The Labute approximate surface area is 165 Å². The molecule has 0 atom stereocenters. The summed E-state index contributed by atoms with van der Waals surface area (Å²) in [7, 11) is -3.72. The van der Waals surface area contributed by atoms with E-state index in [0.717, 1.165) is 9.19 Å². The van der Waals surface area contributed by atoms with Crippen LogP contribution in [-0.4, -0.2) is 14.2 Å². The van der Waals surface area contributed by atoms with E-state index in [0.29, 0.717) is 16.3 Å². The van der Waals surface area contributed by atoms with E-state index in [1.54, 1.807) is 48.5 Å². The summed E-state index contributed by atoms with van der Waals surface area (Å²) >= 11 is 9.31. The second kappa shape index (κ2) is 7.72. The molecule has 0 saturated carbocycles. The average Bonchev–Trinajstić information content (AvgIpc) is 2.63. The van der Waals surface area contributed by atoms with E-state index in [9.17, 15) is 13.2 Å². The van der Waals surface area contributed by atoms with Crippen molar-refractivity contribution in [2.24, 2.45) is 0 Å². The molecule has 0 aliphatic carbocycles. The highest BCUT2D eigenvalue weighted by molar-refractivity contribution is 9.10. The summed E-state index contributed by atoms with van der Waals surface area (Å²) in [6.45, 7) is 0. The lowest BCUT2D eigenvalue weighted by Crippen LogP contribution is -2.81. The zero-order valence-electron chi connectivity index (χ0n) is 13.4. The number of hydrogen-bond donors (Lipinski definition) is 1. The van der Waals surface area contributed by atoms with Gasteiger partial charge in [-0.2, -0.15) is 8.42 Å².